The highest BCUT2D eigenvalue weighted by Crippen LogP contribution is 2.48. The SMILES string of the molecule is COc1ccc2cc(C3=NN(C(C)=O)[C@@H](c4c(OC(C)=O)c([N+](=O)[O-])cc5oc6c(c45)CCCC6)O3)ccc2c1. The molecule has 0 bridgehead atoms. The van der Waals surface area contributed by atoms with Crippen LogP contribution >= 0.6 is 0 Å². The van der Waals surface area contributed by atoms with Gasteiger partial charge in [-0.3, -0.25) is 19.7 Å². The fourth-order valence-corrected chi connectivity index (χ4v) is 5.40. The molecule has 1 amide bonds. The Labute approximate surface area is 228 Å². The van der Waals surface area contributed by atoms with Gasteiger partial charge in [0.25, 0.3) is 0 Å². The van der Waals surface area contributed by atoms with Crippen molar-refractivity contribution in [3.63, 3.8) is 0 Å². The van der Waals surface area contributed by atoms with Crippen LogP contribution in [0.25, 0.3) is 21.7 Å². The molecule has 1 atom stereocenters. The normalized spacial score (nSPS) is 16.4. The number of hydrogen-bond donors (Lipinski definition) is 0. The number of esters is 1. The highest BCUT2D eigenvalue weighted by molar-refractivity contribution is 6.01. The molecule has 40 heavy (non-hydrogen) atoms. The summed E-state index contributed by atoms with van der Waals surface area (Å²) in [5.74, 6) is 0.0703. The summed E-state index contributed by atoms with van der Waals surface area (Å²) in [5, 5.41) is 20.1. The molecule has 4 aromatic rings. The topological polar surface area (TPSA) is 134 Å². The van der Waals surface area contributed by atoms with Gasteiger partial charge in [-0.1, -0.05) is 12.1 Å². The summed E-state index contributed by atoms with van der Waals surface area (Å²) in [6, 6.07) is 12.4. The molecule has 0 fully saturated rings. The number of carbonyl (C=O) groups excluding carboxylic acids is 2. The van der Waals surface area contributed by atoms with Gasteiger partial charge in [-0.15, -0.1) is 5.10 Å². The van der Waals surface area contributed by atoms with Gasteiger partial charge in [-0.05, 0) is 54.3 Å². The molecule has 1 aliphatic heterocycles. The summed E-state index contributed by atoms with van der Waals surface area (Å²) < 4.78 is 23.1. The van der Waals surface area contributed by atoms with Gasteiger partial charge < -0.3 is 18.6 Å². The number of carbonyl (C=O) groups is 2. The summed E-state index contributed by atoms with van der Waals surface area (Å²) in [6.07, 6.45) is 1.92. The van der Waals surface area contributed by atoms with Crippen molar-refractivity contribution in [3.8, 4) is 11.5 Å². The number of benzene rings is 3. The minimum atomic E-state index is -1.24. The maximum absolute atomic E-state index is 12.9. The standard InChI is InChI=1S/C29H25N3O8/c1-15(33)31-29(40-28(30-31)19-9-8-18-13-20(37-3)11-10-17(18)12-19)26-25-21-6-4-5-7-23(21)39-24(25)14-22(32(35)36)27(26)38-16(2)34/h8-14,29H,4-7H2,1-3H3/t29-/m1/s1. The minimum absolute atomic E-state index is 0.142. The van der Waals surface area contributed by atoms with E-state index in [-0.39, 0.29) is 22.8 Å². The molecule has 1 aliphatic carbocycles. The number of hydrazone groups is 1. The molecule has 2 heterocycles. The molecule has 1 aromatic heterocycles. The lowest BCUT2D eigenvalue weighted by Crippen LogP contribution is -2.26. The Morgan fingerprint density at radius 1 is 1.07 bits per heavy atom. The molecule has 3 aromatic carbocycles. The van der Waals surface area contributed by atoms with E-state index in [1.165, 1.54) is 13.0 Å². The van der Waals surface area contributed by atoms with Crippen LogP contribution in [-0.4, -0.2) is 34.8 Å². The zero-order valence-electron chi connectivity index (χ0n) is 22.1. The first kappa shape index (κ1) is 25.4. The lowest BCUT2D eigenvalue weighted by Gasteiger charge is -2.22. The van der Waals surface area contributed by atoms with Crippen molar-refractivity contribution >= 4 is 45.2 Å². The molecular formula is C29H25N3O8. The van der Waals surface area contributed by atoms with Crippen LogP contribution in [0, 0.1) is 10.1 Å². The Balaban J connectivity index is 1.54. The van der Waals surface area contributed by atoms with E-state index in [9.17, 15) is 19.7 Å². The van der Waals surface area contributed by atoms with Crippen LogP contribution in [0.3, 0.4) is 0 Å². The Morgan fingerprint density at radius 3 is 2.55 bits per heavy atom. The van der Waals surface area contributed by atoms with Crippen LogP contribution < -0.4 is 9.47 Å². The van der Waals surface area contributed by atoms with E-state index in [1.807, 2.05) is 30.3 Å². The van der Waals surface area contributed by atoms with Gasteiger partial charge in [0.2, 0.25) is 23.8 Å². The Hall–Kier alpha value is -4.93. The van der Waals surface area contributed by atoms with Crippen LogP contribution in [-0.2, 0) is 27.2 Å². The van der Waals surface area contributed by atoms with Crippen LogP contribution in [0.1, 0.15) is 55.4 Å². The molecular weight excluding hydrogens is 518 g/mol. The maximum atomic E-state index is 12.9. The van der Waals surface area contributed by atoms with Crippen molar-refractivity contribution in [3.05, 3.63) is 75.0 Å². The average Bonchev–Trinajstić information content (AvgIpc) is 3.54. The number of hydrogen-bond acceptors (Lipinski definition) is 9. The van der Waals surface area contributed by atoms with Crippen LogP contribution in [0.4, 0.5) is 5.69 Å². The largest absolute Gasteiger partial charge is 0.497 e. The third-order valence-electron chi connectivity index (χ3n) is 7.16. The molecule has 11 nitrogen and oxygen atoms in total. The third kappa shape index (κ3) is 4.19. The van der Waals surface area contributed by atoms with Gasteiger partial charge in [-0.2, -0.15) is 5.01 Å². The second kappa shape index (κ2) is 9.67. The number of nitrogens with zero attached hydrogens (tertiary/aromatic N) is 3. The number of nitro groups is 1. The van der Waals surface area contributed by atoms with Crippen molar-refractivity contribution in [1.82, 2.24) is 5.01 Å². The Morgan fingerprint density at radius 2 is 1.82 bits per heavy atom. The number of fused-ring (bicyclic) bond motifs is 4. The second-order valence-electron chi connectivity index (χ2n) is 9.74. The van der Waals surface area contributed by atoms with Crippen LogP contribution in [0.5, 0.6) is 11.5 Å². The van der Waals surface area contributed by atoms with E-state index in [1.54, 1.807) is 13.2 Å². The van der Waals surface area contributed by atoms with Gasteiger partial charge in [0, 0.05) is 36.8 Å². The third-order valence-corrected chi connectivity index (χ3v) is 7.16. The first-order valence-electron chi connectivity index (χ1n) is 12.8. The van der Waals surface area contributed by atoms with E-state index in [2.05, 4.69) is 5.10 Å². The minimum Gasteiger partial charge on any atom is -0.497 e. The lowest BCUT2D eigenvalue weighted by atomic mass is 9.92. The van der Waals surface area contributed by atoms with Gasteiger partial charge in [0.15, 0.2) is 0 Å². The fourth-order valence-electron chi connectivity index (χ4n) is 5.40. The molecule has 0 unspecified atom stereocenters. The number of methoxy groups -OCH3 is 1. The second-order valence-corrected chi connectivity index (χ2v) is 9.74. The van der Waals surface area contributed by atoms with Gasteiger partial charge >= 0.3 is 11.7 Å². The first-order chi connectivity index (χ1) is 19.2. The van der Waals surface area contributed by atoms with Crippen molar-refractivity contribution < 1.29 is 33.1 Å². The lowest BCUT2D eigenvalue weighted by molar-refractivity contribution is -0.385. The predicted octanol–water partition coefficient (Wildman–Crippen LogP) is 5.55. The molecule has 0 saturated carbocycles. The molecule has 0 spiro atoms. The summed E-state index contributed by atoms with van der Waals surface area (Å²) in [7, 11) is 1.60. The molecule has 0 saturated heterocycles. The van der Waals surface area contributed by atoms with Gasteiger partial charge in [0.1, 0.15) is 17.1 Å². The van der Waals surface area contributed by atoms with Crippen molar-refractivity contribution in [2.45, 2.75) is 45.8 Å². The Bertz CT molecular complexity index is 1760. The van der Waals surface area contributed by atoms with Crippen molar-refractivity contribution in [2.24, 2.45) is 5.10 Å². The zero-order valence-corrected chi connectivity index (χ0v) is 22.1. The van der Waals surface area contributed by atoms with Gasteiger partial charge in [-0.25, -0.2) is 0 Å². The smallest absolute Gasteiger partial charge is 0.315 e. The first-order valence-corrected chi connectivity index (χ1v) is 12.8. The van der Waals surface area contributed by atoms with E-state index in [0.29, 0.717) is 29.5 Å². The average molecular weight is 544 g/mol. The van der Waals surface area contributed by atoms with E-state index < -0.39 is 28.7 Å². The summed E-state index contributed by atoms with van der Waals surface area (Å²) >= 11 is 0. The molecule has 11 heteroatoms. The Kier molecular flexibility index (Phi) is 6.13. The molecule has 6 rings (SSSR count). The number of amides is 1. The quantitative estimate of drug-likeness (QED) is 0.139. The highest BCUT2D eigenvalue weighted by atomic mass is 16.6. The number of furan rings is 1. The van der Waals surface area contributed by atoms with Crippen LogP contribution in [0.2, 0.25) is 0 Å². The molecule has 2 aliphatic rings. The molecule has 204 valence electrons. The van der Waals surface area contributed by atoms with Crippen molar-refractivity contribution in [2.75, 3.05) is 7.11 Å². The van der Waals surface area contributed by atoms with E-state index in [0.717, 1.165) is 46.9 Å². The molecule has 0 radical (unpaired) electrons. The molecule has 0 N–H and O–H groups in total. The predicted molar refractivity (Wildman–Crippen MR) is 144 cm³/mol. The number of ether oxygens (including phenoxy) is 3. The van der Waals surface area contributed by atoms with Crippen molar-refractivity contribution in [1.29, 1.82) is 0 Å². The fraction of sp³-hybridized carbons (Fsp3) is 0.276. The number of nitro benzene ring substituents is 1. The highest BCUT2D eigenvalue weighted by Gasteiger charge is 2.41. The maximum Gasteiger partial charge on any atom is 0.315 e. The zero-order chi connectivity index (χ0) is 28.1. The van der Waals surface area contributed by atoms with E-state index in [4.69, 9.17) is 18.6 Å². The van der Waals surface area contributed by atoms with Crippen LogP contribution in [0.15, 0.2) is 52.0 Å². The number of aryl methyl sites for hydroxylation is 2. The van der Waals surface area contributed by atoms with Gasteiger partial charge in [0.05, 0.1) is 23.7 Å². The summed E-state index contributed by atoms with van der Waals surface area (Å²) in [5.41, 5.74) is 1.41. The summed E-state index contributed by atoms with van der Waals surface area (Å²) in [4.78, 5) is 36.5. The van der Waals surface area contributed by atoms with E-state index >= 15 is 0 Å². The number of rotatable bonds is 5. The summed E-state index contributed by atoms with van der Waals surface area (Å²) in [6.45, 7) is 2.48. The monoisotopic (exact) mass is 543 g/mol.